The van der Waals surface area contributed by atoms with Gasteiger partial charge in [-0.2, -0.15) is 5.26 Å². The summed E-state index contributed by atoms with van der Waals surface area (Å²) in [6.07, 6.45) is 2.55. The molecule has 1 rings (SSSR count). The van der Waals surface area contributed by atoms with Gasteiger partial charge in [-0.25, -0.2) is 4.39 Å². The van der Waals surface area contributed by atoms with E-state index in [1.165, 1.54) is 6.07 Å². The van der Waals surface area contributed by atoms with E-state index in [0.29, 0.717) is 11.1 Å². The quantitative estimate of drug-likeness (QED) is 0.714. The maximum absolute atomic E-state index is 13.4. The van der Waals surface area contributed by atoms with Crippen LogP contribution in [0.2, 0.25) is 0 Å². The van der Waals surface area contributed by atoms with E-state index in [1.54, 1.807) is 12.1 Å². The molecular weight excluding hydrogens is 297 g/mol. The van der Waals surface area contributed by atoms with Gasteiger partial charge in [0.2, 0.25) is 0 Å². The summed E-state index contributed by atoms with van der Waals surface area (Å²) in [5.41, 5.74) is -0.289. The molecule has 0 atom stereocenters. The fraction of sp³-hybridized carbons (Fsp3) is 0.500. The third kappa shape index (κ3) is 5.05. The minimum Gasteiger partial charge on any atom is -0.491 e. The molecule has 0 N–H and O–H groups in total. The van der Waals surface area contributed by atoms with E-state index in [4.69, 9.17) is 10.00 Å². The van der Waals surface area contributed by atoms with Crippen LogP contribution >= 0.6 is 15.9 Å². The highest BCUT2D eigenvalue weighted by Gasteiger charge is 2.15. The van der Waals surface area contributed by atoms with Crippen molar-refractivity contribution >= 4 is 15.9 Å². The summed E-state index contributed by atoms with van der Waals surface area (Å²) in [4.78, 5) is 0. The third-order valence-corrected chi connectivity index (χ3v) is 3.14. The Morgan fingerprint density at radius 2 is 2.11 bits per heavy atom. The molecule has 0 radical (unpaired) electrons. The van der Waals surface area contributed by atoms with Gasteiger partial charge in [-0.15, -0.1) is 0 Å². The van der Waals surface area contributed by atoms with Crippen LogP contribution in [0.1, 0.15) is 33.1 Å². The smallest absolute Gasteiger partial charge is 0.166 e. The van der Waals surface area contributed by atoms with Gasteiger partial charge in [-0.3, -0.25) is 0 Å². The summed E-state index contributed by atoms with van der Waals surface area (Å²) in [6.45, 7) is 4.31. The van der Waals surface area contributed by atoms with E-state index >= 15 is 0 Å². The van der Waals surface area contributed by atoms with E-state index in [1.807, 2.05) is 13.8 Å². The van der Waals surface area contributed by atoms with E-state index in [0.717, 1.165) is 19.3 Å². The fourth-order valence-electron chi connectivity index (χ4n) is 1.50. The average molecular weight is 314 g/mol. The van der Waals surface area contributed by atoms with E-state index < -0.39 is 0 Å². The van der Waals surface area contributed by atoms with Gasteiger partial charge < -0.3 is 4.74 Å². The molecule has 2 nitrogen and oxygen atoms in total. The molecular formula is C14H17BrFNO. The Morgan fingerprint density at radius 3 is 2.72 bits per heavy atom. The van der Waals surface area contributed by atoms with Gasteiger partial charge in [0.1, 0.15) is 0 Å². The molecule has 0 saturated heterocycles. The Bertz CT molecular complexity index is 440. The topological polar surface area (TPSA) is 33.0 Å². The lowest BCUT2D eigenvalue weighted by atomic mass is 9.89. The van der Waals surface area contributed by atoms with Crippen molar-refractivity contribution in [3.05, 3.63) is 28.5 Å². The van der Waals surface area contributed by atoms with Crippen molar-refractivity contribution in [1.82, 2.24) is 0 Å². The molecule has 0 aromatic heterocycles. The van der Waals surface area contributed by atoms with Crippen molar-refractivity contribution in [2.45, 2.75) is 33.1 Å². The van der Waals surface area contributed by atoms with Crippen LogP contribution in [0.4, 0.5) is 4.39 Å². The van der Waals surface area contributed by atoms with E-state index in [9.17, 15) is 4.39 Å². The highest BCUT2D eigenvalue weighted by Crippen LogP contribution is 2.23. The first-order valence-electron chi connectivity index (χ1n) is 5.94. The molecule has 0 saturated carbocycles. The molecule has 1 aromatic carbocycles. The highest BCUT2D eigenvalue weighted by atomic mass is 79.9. The van der Waals surface area contributed by atoms with Crippen LogP contribution in [-0.4, -0.2) is 6.61 Å². The van der Waals surface area contributed by atoms with Crippen molar-refractivity contribution in [2.24, 2.45) is 5.41 Å². The average Bonchev–Trinajstić information content (AvgIpc) is 2.31. The number of halogens is 2. The Labute approximate surface area is 116 Å². The Hall–Kier alpha value is -1.08. The number of unbranched alkanes of at least 4 members (excludes halogenated alkanes) is 1. The number of hydrogen-bond acceptors (Lipinski definition) is 2. The maximum atomic E-state index is 13.4. The summed E-state index contributed by atoms with van der Waals surface area (Å²) in [6, 6.07) is 7.00. The molecule has 0 bridgehead atoms. The molecule has 18 heavy (non-hydrogen) atoms. The lowest BCUT2D eigenvalue weighted by Gasteiger charge is -2.14. The molecule has 4 heteroatoms. The number of nitrogens with zero attached hydrogens (tertiary/aromatic N) is 1. The maximum Gasteiger partial charge on any atom is 0.166 e. The summed E-state index contributed by atoms with van der Waals surface area (Å²) in [5.74, 6) is -0.0838. The van der Waals surface area contributed by atoms with Gasteiger partial charge in [0.25, 0.3) is 0 Å². The summed E-state index contributed by atoms with van der Waals surface area (Å²) in [7, 11) is 0. The fourth-order valence-corrected chi connectivity index (χ4v) is 1.83. The van der Waals surface area contributed by atoms with Crippen LogP contribution in [0, 0.1) is 22.6 Å². The van der Waals surface area contributed by atoms with E-state index in [2.05, 4.69) is 22.0 Å². The largest absolute Gasteiger partial charge is 0.491 e. The molecule has 0 unspecified atom stereocenters. The number of nitriles is 1. The Morgan fingerprint density at radius 1 is 1.39 bits per heavy atom. The number of benzene rings is 1. The zero-order valence-corrected chi connectivity index (χ0v) is 12.3. The predicted molar refractivity (Wildman–Crippen MR) is 72.8 cm³/mol. The van der Waals surface area contributed by atoms with Crippen LogP contribution < -0.4 is 4.74 Å². The van der Waals surface area contributed by atoms with Crippen LogP contribution in [0.3, 0.4) is 0 Å². The molecule has 0 aliphatic heterocycles. The van der Waals surface area contributed by atoms with Gasteiger partial charge in [-0.1, -0.05) is 15.9 Å². The first-order valence-corrected chi connectivity index (χ1v) is 6.73. The highest BCUT2D eigenvalue weighted by molar-refractivity contribution is 9.10. The summed E-state index contributed by atoms with van der Waals surface area (Å²) < 4.78 is 19.5. The number of ether oxygens (including phenoxy) is 1. The van der Waals surface area contributed by atoms with Crippen molar-refractivity contribution in [3.63, 3.8) is 0 Å². The summed E-state index contributed by atoms with van der Waals surface area (Å²) in [5, 5.41) is 8.86. The Kier molecular flexibility index (Phi) is 5.61. The first kappa shape index (κ1) is 15.0. The predicted octanol–water partition coefficient (Wildman–Crippen LogP) is 4.69. The van der Waals surface area contributed by atoms with Crippen LogP contribution in [-0.2, 0) is 0 Å². The molecule has 0 amide bonds. The SMILES string of the molecule is CC(C)(C#N)CCCCOc1ccc(Br)cc1F. The molecule has 98 valence electrons. The van der Waals surface area contributed by atoms with Crippen LogP contribution in [0.25, 0.3) is 0 Å². The molecule has 0 fully saturated rings. The molecule has 0 aliphatic carbocycles. The van der Waals surface area contributed by atoms with Gasteiger partial charge in [0, 0.05) is 4.47 Å². The second kappa shape index (κ2) is 6.75. The van der Waals surface area contributed by atoms with Crippen molar-refractivity contribution in [2.75, 3.05) is 6.61 Å². The zero-order chi connectivity index (χ0) is 13.6. The van der Waals surface area contributed by atoms with Gasteiger partial charge in [0.05, 0.1) is 18.1 Å². The molecule has 0 aliphatic rings. The normalized spacial score (nSPS) is 11.1. The molecule has 0 heterocycles. The van der Waals surface area contributed by atoms with Crippen molar-refractivity contribution < 1.29 is 9.13 Å². The lowest BCUT2D eigenvalue weighted by Crippen LogP contribution is -2.08. The monoisotopic (exact) mass is 313 g/mol. The number of hydrogen-bond donors (Lipinski definition) is 0. The standard InChI is InChI=1S/C14H17BrFNO/c1-14(2,10-17)7-3-4-8-18-13-6-5-11(15)9-12(13)16/h5-6,9H,3-4,7-8H2,1-2H3. The second-order valence-electron chi connectivity index (χ2n) is 4.88. The van der Waals surface area contributed by atoms with E-state index in [-0.39, 0.29) is 17.0 Å². The molecule has 0 spiro atoms. The lowest BCUT2D eigenvalue weighted by molar-refractivity contribution is 0.282. The zero-order valence-electron chi connectivity index (χ0n) is 10.7. The Balaban J connectivity index is 2.29. The van der Waals surface area contributed by atoms with Crippen molar-refractivity contribution in [3.8, 4) is 11.8 Å². The second-order valence-corrected chi connectivity index (χ2v) is 5.79. The van der Waals surface area contributed by atoms with Gasteiger partial charge in [0.15, 0.2) is 11.6 Å². The minimum absolute atomic E-state index is 0.276. The summed E-state index contributed by atoms with van der Waals surface area (Å²) >= 11 is 3.19. The van der Waals surface area contributed by atoms with Crippen LogP contribution in [0.5, 0.6) is 5.75 Å². The minimum atomic E-state index is -0.360. The first-order chi connectivity index (χ1) is 8.44. The van der Waals surface area contributed by atoms with Crippen molar-refractivity contribution in [1.29, 1.82) is 5.26 Å². The third-order valence-electron chi connectivity index (χ3n) is 2.65. The molecule has 1 aromatic rings. The van der Waals surface area contributed by atoms with Gasteiger partial charge in [-0.05, 0) is 51.3 Å². The van der Waals surface area contributed by atoms with Crippen LogP contribution in [0.15, 0.2) is 22.7 Å². The number of rotatable bonds is 6. The van der Waals surface area contributed by atoms with Gasteiger partial charge >= 0.3 is 0 Å².